The molecule has 1 rings (SSSR count). The molecule has 0 saturated carbocycles. The number of benzene rings is 1. The van der Waals surface area contributed by atoms with Gasteiger partial charge in [0.2, 0.25) is 0 Å². The molecule has 0 aliphatic carbocycles. The maximum atomic E-state index is 13.3. The highest BCUT2D eigenvalue weighted by Crippen LogP contribution is 2.17. The Hall–Kier alpha value is -0.250. The van der Waals surface area contributed by atoms with Crippen LogP contribution >= 0.6 is 23.4 Å². The van der Waals surface area contributed by atoms with Crippen molar-refractivity contribution in [2.24, 2.45) is 0 Å². The van der Waals surface area contributed by atoms with Gasteiger partial charge in [0.1, 0.15) is 5.82 Å². The lowest BCUT2D eigenvalue weighted by atomic mass is 10.2. The Balaban J connectivity index is 2.46. The third-order valence-corrected chi connectivity index (χ3v) is 2.73. The molecule has 4 heteroatoms. The number of halogens is 2. The number of rotatable bonds is 5. The number of hydrogen-bond acceptors (Lipinski definition) is 2. The lowest BCUT2D eigenvalue weighted by Gasteiger charge is -2.05. The molecule has 0 aliphatic rings. The molecular weight excluding hydrogens is 221 g/mol. The van der Waals surface area contributed by atoms with Gasteiger partial charge in [-0.25, -0.2) is 4.39 Å². The first-order valence-electron chi connectivity index (χ1n) is 4.38. The first-order valence-corrected chi connectivity index (χ1v) is 6.15. The molecule has 0 heterocycles. The Kier molecular flexibility index (Phi) is 5.30. The maximum absolute atomic E-state index is 13.3. The van der Waals surface area contributed by atoms with Gasteiger partial charge in [-0.1, -0.05) is 23.7 Å². The second-order valence-electron chi connectivity index (χ2n) is 2.88. The minimum atomic E-state index is -0.314. The third kappa shape index (κ3) is 3.48. The normalized spacial score (nSPS) is 10.5. The highest BCUT2D eigenvalue weighted by atomic mass is 35.5. The van der Waals surface area contributed by atoms with E-state index in [0.717, 1.165) is 12.3 Å². The molecule has 78 valence electrons. The summed E-state index contributed by atoms with van der Waals surface area (Å²) < 4.78 is 13.3. The van der Waals surface area contributed by atoms with Gasteiger partial charge in [-0.05, 0) is 12.3 Å². The SMILES string of the molecule is CSCCNCc1cccc(Cl)c1F. The van der Waals surface area contributed by atoms with Gasteiger partial charge in [-0.15, -0.1) is 0 Å². The standard InChI is InChI=1S/C10H13ClFNS/c1-14-6-5-13-7-8-3-2-4-9(11)10(8)12/h2-4,13H,5-7H2,1H3. The summed E-state index contributed by atoms with van der Waals surface area (Å²) in [5.41, 5.74) is 0.624. The lowest BCUT2D eigenvalue weighted by molar-refractivity contribution is 0.594. The Morgan fingerprint density at radius 2 is 2.29 bits per heavy atom. The van der Waals surface area contributed by atoms with E-state index in [1.165, 1.54) is 0 Å². The van der Waals surface area contributed by atoms with Crippen LogP contribution in [0.15, 0.2) is 18.2 Å². The summed E-state index contributed by atoms with van der Waals surface area (Å²) in [6.07, 6.45) is 2.04. The van der Waals surface area contributed by atoms with Crippen LogP contribution in [0.5, 0.6) is 0 Å². The summed E-state index contributed by atoms with van der Waals surface area (Å²) in [5, 5.41) is 3.34. The van der Waals surface area contributed by atoms with Gasteiger partial charge >= 0.3 is 0 Å². The van der Waals surface area contributed by atoms with Gasteiger partial charge in [-0.2, -0.15) is 11.8 Å². The Labute approximate surface area is 93.0 Å². The van der Waals surface area contributed by atoms with Crippen molar-refractivity contribution in [3.05, 3.63) is 34.6 Å². The largest absolute Gasteiger partial charge is 0.312 e. The van der Waals surface area contributed by atoms with Crippen molar-refractivity contribution in [1.82, 2.24) is 5.32 Å². The van der Waals surface area contributed by atoms with Crippen LogP contribution in [-0.4, -0.2) is 18.6 Å². The fraction of sp³-hybridized carbons (Fsp3) is 0.400. The average Bonchev–Trinajstić information content (AvgIpc) is 2.19. The van der Waals surface area contributed by atoms with Crippen LogP contribution in [0.2, 0.25) is 5.02 Å². The molecule has 0 bridgehead atoms. The zero-order valence-electron chi connectivity index (χ0n) is 8.02. The summed E-state index contributed by atoms with van der Waals surface area (Å²) in [7, 11) is 0. The van der Waals surface area contributed by atoms with E-state index in [0.29, 0.717) is 12.1 Å². The molecule has 0 radical (unpaired) electrons. The molecule has 1 aromatic rings. The zero-order chi connectivity index (χ0) is 10.4. The number of thioether (sulfide) groups is 1. The Morgan fingerprint density at radius 1 is 1.50 bits per heavy atom. The molecule has 14 heavy (non-hydrogen) atoms. The van der Waals surface area contributed by atoms with Crippen LogP contribution in [-0.2, 0) is 6.54 Å². The van der Waals surface area contributed by atoms with Gasteiger partial charge in [0, 0.05) is 24.4 Å². The predicted octanol–water partition coefficient (Wildman–Crippen LogP) is 2.93. The van der Waals surface area contributed by atoms with Crippen molar-refractivity contribution in [1.29, 1.82) is 0 Å². The Morgan fingerprint density at radius 3 is 3.00 bits per heavy atom. The van der Waals surface area contributed by atoms with Crippen molar-refractivity contribution in [3.63, 3.8) is 0 Å². The molecule has 0 atom stereocenters. The van der Waals surface area contributed by atoms with Crippen LogP contribution in [0, 0.1) is 5.82 Å². The summed E-state index contributed by atoms with van der Waals surface area (Å²) in [5.74, 6) is 0.716. The van der Waals surface area contributed by atoms with Crippen LogP contribution in [0.1, 0.15) is 5.56 Å². The van der Waals surface area contributed by atoms with Crippen molar-refractivity contribution in [2.45, 2.75) is 6.54 Å². The zero-order valence-corrected chi connectivity index (χ0v) is 9.59. The van der Waals surface area contributed by atoms with Gasteiger partial charge in [0.15, 0.2) is 0 Å². The van der Waals surface area contributed by atoms with E-state index in [2.05, 4.69) is 5.32 Å². The molecule has 1 nitrogen and oxygen atoms in total. The molecular formula is C10H13ClFNS. The number of nitrogens with one attached hydrogen (secondary N) is 1. The smallest absolute Gasteiger partial charge is 0.146 e. The highest BCUT2D eigenvalue weighted by molar-refractivity contribution is 7.98. The van der Waals surface area contributed by atoms with Gasteiger partial charge in [-0.3, -0.25) is 0 Å². The second-order valence-corrected chi connectivity index (χ2v) is 4.28. The van der Waals surface area contributed by atoms with Crippen molar-refractivity contribution >= 4 is 23.4 Å². The fourth-order valence-electron chi connectivity index (χ4n) is 1.08. The van der Waals surface area contributed by atoms with E-state index < -0.39 is 0 Å². The molecule has 0 spiro atoms. The topological polar surface area (TPSA) is 12.0 Å². The number of hydrogen-bond donors (Lipinski definition) is 1. The molecule has 0 fully saturated rings. The van der Waals surface area contributed by atoms with Gasteiger partial charge in [0.05, 0.1) is 5.02 Å². The molecule has 0 aliphatic heterocycles. The molecule has 1 aromatic carbocycles. The molecule has 0 aromatic heterocycles. The average molecular weight is 234 g/mol. The minimum Gasteiger partial charge on any atom is -0.312 e. The van der Waals surface area contributed by atoms with Gasteiger partial charge < -0.3 is 5.32 Å². The van der Waals surface area contributed by atoms with Crippen molar-refractivity contribution < 1.29 is 4.39 Å². The van der Waals surface area contributed by atoms with Crippen LogP contribution in [0.3, 0.4) is 0 Å². The maximum Gasteiger partial charge on any atom is 0.146 e. The monoisotopic (exact) mass is 233 g/mol. The first kappa shape index (κ1) is 11.8. The quantitative estimate of drug-likeness (QED) is 0.785. The molecule has 0 unspecified atom stereocenters. The summed E-state index contributed by atoms with van der Waals surface area (Å²) >= 11 is 7.41. The third-order valence-electron chi connectivity index (χ3n) is 1.83. The lowest BCUT2D eigenvalue weighted by Crippen LogP contribution is -2.17. The molecule has 0 amide bonds. The first-order chi connectivity index (χ1) is 6.75. The highest BCUT2D eigenvalue weighted by Gasteiger charge is 2.04. The van der Waals surface area contributed by atoms with E-state index in [1.807, 2.05) is 6.26 Å². The van der Waals surface area contributed by atoms with Crippen LogP contribution in [0.25, 0.3) is 0 Å². The second kappa shape index (κ2) is 6.27. The van der Waals surface area contributed by atoms with E-state index in [1.54, 1.807) is 30.0 Å². The van der Waals surface area contributed by atoms with Crippen molar-refractivity contribution in [3.8, 4) is 0 Å². The summed E-state index contributed by atoms with van der Waals surface area (Å²) in [4.78, 5) is 0. The minimum absolute atomic E-state index is 0.189. The van der Waals surface area contributed by atoms with Gasteiger partial charge in [0.25, 0.3) is 0 Å². The fourth-order valence-corrected chi connectivity index (χ4v) is 1.62. The van der Waals surface area contributed by atoms with Crippen LogP contribution in [0.4, 0.5) is 4.39 Å². The van der Waals surface area contributed by atoms with Crippen molar-refractivity contribution in [2.75, 3.05) is 18.6 Å². The van der Waals surface area contributed by atoms with E-state index in [9.17, 15) is 4.39 Å². The van der Waals surface area contributed by atoms with E-state index >= 15 is 0 Å². The predicted molar refractivity (Wildman–Crippen MR) is 61.5 cm³/mol. The molecule has 1 N–H and O–H groups in total. The summed E-state index contributed by atoms with van der Waals surface area (Å²) in [6.45, 7) is 1.42. The van der Waals surface area contributed by atoms with E-state index in [-0.39, 0.29) is 10.8 Å². The Bertz CT molecular complexity index is 293. The summed E-state index contributed by atoms with van der Waals surface area (Å²) in [6, 6.07) is 5.06. The molecule has 0 saturated heterocycles. The van der Waals surface area contributed by atoms with E-state index in [4.69, 9.17) is 11.6 Å². The van der Waals surface area contributed by atoms with Crippen LogP contribution < -0.4 is 5.32 Å².